The standard InChI is InChI=1S/C20H25N5OS/c1-12(2)18(19(26)22-14(4)16-9-7-6-8-10-16)27-20-24-23-17-11-13(3)21-15(5)25(17)20/h6-12,14,18H,1-5H3,(H,22,26)/t14-,18-/m0/s1. The van der Waals surface area contributed by atoms with E-state index in [9.17, 15) is 4.79 Å². The molecular weight excluding hydrogens is 358 g/mol. The van der Waals surface area contributed by atoms with Crippen LogP contribution in [0.15, 0.2) is 41.6 Å². The summed E-state index contributed by atoms with van der Waals surface area (Å²) in [7, 11) is 0. The van der Waals surface area contributed by atoms with Crippen molar-refractivity contribution in [1.82, 2.24) is 24.9 Å². The van der Waals surface area contributed by atoms with Gasteiger partial charge < -0.3 is 5.32 Å². The maximum atomic E-state index is 13.0. The molecule has 6 nitrogen and oxygen atoms in total. The van der Waals surface area contributed by atoms with E-state index in [4.69, 9.17) is 0 Å². The Kier molecular flexibility index (Phi) is 5.79. The second-order valence-corrected chi connectivity index (χ2v) is 8.15. The molecule has 0 fully saturated rings. The van der Waals surface area contributed by atoms with E-state index in [1.807, 2.05) is 75.4 Å². The molecule has 3 aromatic rings. The number of thioether (sulfide) groups is 1. The van der Waals surface area contributed by atoms with Crippen LogP contribution in [0.2, 0.25) is 0 Å². The van der Waals surface area contributed by atoms with Crippen molar-refractivity contribution in [3.05, 3.63) is 53.5 Å². The molecule has 1 N–H and O–H groups in total. The lowest BCUT2D eigenvalue weighted by Gasteiger charge is -2.22. The van der Waals surface area contributed by atoms with E-state index in [-0.39, 0.29) is 23.1 Å². The Morgan fingerprint density at radius 1 is 1.11 bits per heavy atom. The van der Waals surface area contributed by atoms with Crippen LogP contribution in [0.3, 0.4) is 0 Å². The second-order valence-electron chi connectivity index (χ2n) is 7.04. The van der Waals surface area contributed by atoms with Crippen molar-refractivity contribution in [2.75, 3.05) is 0 Å². The fourth-order valence-corrected chi connectivity index (χ4v) is 4.10. The van der Waals surface area contributed by atoms with Crippen molar-refractivity contribution in [3.8, 4) is 0 Å². The number of aryl methyl sites for hydroxylation is 2. The average molecular weight is 384 g/mol. The molecular formula is C20H25N5OS. The molecule has 0 aliphatic rings. The highest BCUT2D eigenvalue weighted by molar-refractivity contribution is 8.00. The van der Waals surface area contributed by atoms with Crippen molar-refractivity contribution >= 4 is 23.3 Å². The Hall–Kier alpha value is -2.41. The van der Waals surface area contributed by atoms with Gasteiger partial charge in [-0.3, -0.25) is 9.20 Å². The van der Waals surface area contributed by atoms with Gasteiger partial charge in [0.15, 0.2) is 10.8 Å². The number of nitrogens with one attached hydrogen (secondary N) is 1. The van der Waals surface area contributed by atoms with Crippen molar-refractivity contribution in [1.29, 1.82) is 0 Å². The molecule has 0 radical (unpaired) electrons. The second kappa shape index (κ2) is 8.08. The van der Waals surface area contributed by atoms with E-state index in [0.717, 1.165) is 22.7 Å². The Balaban J connectivity index is 1.81. The number of hydrogen-bond acceptors (Lipinski definition) is 5. The topological polar surface area (TPSA) is 72.2 Å². The van der Waals surface area contributed by atoms with Crippen LogP contribution in [-0.4, -0.2) is 30.7 Å². The first kappa shape index (κ1) is 19.4. The van der Waals surface area contributed by atoms with Crippen LogP contribution in [0, 0.1) is 19.8 Å². The summed E-state index contributed by atoms with van der Waals surface area (Å²) < 4.78 is 1.90. The molecule has 0 saturated heterocycles. The molecule has 0 spiro atoms. The number of benzene rings is 1. The average Bonchev–Trinajstić information content (AvgIpc) is 3.02. The predicted octanol–water partition coefficient (Wildman–Crippen LogP) is 3.74. The Labute approximate surface area is 163 Å². The molecule has 27 heavy (non-hydrogen) atoms. The normalized spacial score (nSPS) is 13.7. The molecule has 142 valence electrons. The lowest BCUT2D eigenvalue weighted by atomic mass is 10.1. The SMILES string of the molecule is Cc1cc2nnc(S[C@H](C(=O)N[C@@H](C)c3ccccc3)C(C)C)n2c(C)n1. The van der Waals surface area contributed by atoms with E-state index < -0.39 is 0 Å². The molecule has 0 bridgehead atoms. The molecule has 3 rings (SSSR count). The van der Waals surface area contributed by atoms with Crippen molar-refractivity contribution in [3.63, 3.8) is 0 Å². The maximum absolute atomic E-state index is 13.0. The summed E-state index contributed by atoms with van der Waals surface area (Å²) in [5.74, 6) is 0.961. The summed E-state index contributed by atoms with van der Waals surface area (Å²) >= 11 is 1.44. The van der Waals surface area contributed by atoms with Gasteiger partial charge in [-0.2, -0.15) is 0 Å². The smallest absolute Gasteiger partial charge is 0.234 e. The molecule has 1 amide bonds. The van der Waals surface area contributed by atoms with Crippen LogP contribution in [0.1, 0.15) is 43.9 Å². The van der Waals surface area contributed by atoms with Gasteiger partial charge in [0.05, 0.1) is 11.3 Å². The van der Waals surface area contributed by atoms with Crippen molar-refractivity contribution in [2.24, 2.45) is 5.92 Å². The maximum Gasteiger partial charge on any atom is 0.234 e. The van der Waals surface area contributed by atoms with Gasteiger partial charge in [0.1, 0.15) is 5.82 Å². The molecule has 0 aliphatic heterocycles. The third-order valence-corrected chi connectivity index (χ3v) is 5.90. The summed E-state index contributed by atoms with van der Waals surface area (Å²) in [4.78, 5) is 17.5. The van der Waals surface area contributed by atoms with Gasteiger partial charge in [-0.1, -0.05) is 55.9 Å². The van der Waals surface area contributed by atoms with E-state index in [0.29, 0.717) is 5.16 Å². The Morgan fingerprint density at radius 2 is 1.81 bits per heavy atom. The summed E-state index contributed by atoms with van der Waals surface area (Å²) in [6.45, 7) is 9.95. The minimum Gasteiger partial charge on any atom is -0.349 e. The number of aromatic nitrogens is 4. The van der Waals surface area contributed by atoms with Gasteiger partial charge in [-0.05, 0) is 32.3 Å². The minimum absolute atomic E-state index is 0.000766. The van der Waals surface area contributed by atoms with Crippen LogP contribution in [0.4, 0.5) is 0 Å². The zero-order chi connectivity index (χ0) is 19.6. The lowest BCUT2D eigenvalue weighted by Crippen LogP contribution is -2.37. The van der Waals surface area contributed by atoms with Crippen LogP contribution in [0.25, 0.3) is 5.65 Å². The number of hydrogen-bond donors (Lipinski definition) is 1. The van der Waals surface area contributed by atoms with E-state index in [2.05, 4.69) is 20.5 Å². The molecule has 1 aromatic carbocycles. The summed E-state index contributed by atoms with van der Waals surface area (Å²) in [5, 5.41) is 12.1. The quantitative estimate of drug-likeness (QED) is 0.657. The molecule has 2 heterocycles. The first-order valence-electron chi connectivity index (χ1n) is 9.08. The van der Waals surface area contributed by atoms with E-state index >= 15 is 0 Å². The number of rotatable bonds is 6. The van der Waals surface area contributed by atoms with E-state index in [1.165, 1.54) is 11.8 Å². The van der Waals surface area contributed by atoms with Crippen LogP contribution >= 0.6 is 11.8 Å². The Bertz CT molecular complexity index is 938. The Morgan fingerprint density at radius 3 is 2.48 bits per heavy atom. The fraction of sp³-hybridized carbons (Fsp3) is 0.400. The van der Waals surface area contributed by atoms with Crippen molar-refractivity contribution in [2.45, 2.75) is 51.1 Å². The van der Waals surface area contributed by atoms with Gasteiger partial charge in [-0.25, -0.2) is 4.98 Å². The summed E-state index contributed by atoms with van der Waals surface area (Å²) in [6.07, 6.45) is 0. The highest BCUT2D eigenvalue weighted by atomic mass is 32.2. The van der Waals surface area contributed by atoms with Crippen LogP contribution in [-0.2, 0) is 4.79 Å². The van der Waals surface area contributed by atoms with Gasteiger partial charge in [0, 0.05) is 11.8 Å². The zero-order valence-corrected chi connectivity index (χ0v) is 17.1. The monoisotopic (exact) mass is 383 g/mol. The van der Waals surface area contributed by atoms with Crippen LogP contribution < -0.4 is 5.32 Å². The molecule has 2 atom stereocenters. The van der Waals surface area contributed by atoms with Gasteiger partial charge in [-0.15, -0.1) is 10.2 Å². The molecule has 0 saturated carbocycles. The third-order valence-electron chi connectivity index (χ3n) is 4.41. The number of amides is 1. The highest BCUT2D eigenvalue weighted by Gasteiger charge is 2.27. The van der Waals surface area contributed by atoms with Gasteiger partial charge in [0.2, 0.25) is 5.91 Å². The van der Waals surface area contributed by atoms with Gasteiger partial charge in [0.25, 0.3) is 0 Å². The predicted molar refractivity (Wildman–Crippen MR) is 108 cm³/mol. The first-order valence-corrected chi connectivity index (χ1v) is 9.96. The highest BCUT2D eigenvalue weighted by Crippen LogP contribution is 2.29. The fourth-order valence-electron chi connectivity index (χ4n) is 3.01. The number of carbonyl (C=O) groups is 1. The molecule has 7 heteroatoms. The van der Waals surface area contributed by atoms with Crippen LogP contribution in [0.5, 0.6) is 0 Å². The largest absolute Gasteiger partial charge is 0.349 e. The van der Waals surface area contributed by atoms with Crippen molar-refractivity contribution < 1.29 is 4.79 Å². The number of carbonyl (C=O) groups excluding carboxylic acids is 1. The first-order chi connectivity index (χ1) is 12.9. The number of fused-ring (bicyclic) bond motifs is 1. The third kappa shape index (κ3) is 4.30. The summed E-state index contributed by atoms with van der Waals surface area (Å²) in [5.41, 5.74) is 2.74. The lowest BCUT2D eigenvalue weighted by molar-refractivity contribution is -0.121. The number of nitrogens with zero attached hydrogens (tertiary/aromatic N) is 4. The minimum atomic E-state index is -0.274. The molecule has 0 aliphatic carbocycles. The molecule has 2 aromatic heterocycles. The van der Waals surface area contributed by atoms with E-state index in [1.54, 1.807) is 0 Å². The van der Waals surface area contributed by atoms with Gasteiger partial charge >= 0.3 is 0 Å². The molecule has 0 unspecified atom stereocenters. The zero-order valence-electron chi connectivity index (χ0n) is 16.3. The summed E-state index contributed by atoms with van der Waals surface area (Å²) in [6, 6.07) is 11.8.